The number of unbranched alkanes of at least 4 members (excludes halogenated alkanes) is 1. The molecule has 0 heterocycles. The van der Waals surface area contributed by atoms with Gasteiger partial charge in [-0.15, -0.1) is 0 Å². The zero-order chi connectivity index (χ0) is 9.94. The van der Waals surface area contributed by atoms with Gasteiger partial charge in [0.2, 0.25) is 12.3 Å². The molecule has 0 saturated carbocycles. The van der Waals surface area contributed by atoms with Crippen molar-refractivity contribution in [1.82, 2.24) is 16.0 Å². The van der Waals surface area contributed by atoms with Crippen LogP contribution in [0, 0.1) is 0 Å². The fourth-order valence-corrected chi connectivity index (χ4v) is 0.862. The van der Waals surface area contributed by atoms with Crippen LogP contribution in [0.3, 0.4) is 0 Å². The van der Waals surface area contributed by atoms with Crippen LogP contribution in [0.4, 0.5) is 0 Å². The third kappa shape index (κ3) is 8.81. The second kappa shape index (κ2) is 8.99. The van der Waals surface area contributed by atoms with Crippen molar-refractivity contribution in [2.24, 2.45) is 0 Å². The van der Waals surface area contributed by atoms with E-state index in [0.29, 0.717) is 26.0 Å². The number of rotatable bonds is 8. The summed E-state index contributed by atoms with van der Waals surface area (Å²) in [6, 6.07) is 0. The highest BCUT2D eigenvalue weighted by Gasteiger charge is 1.96. The van der Waals surface area contributed by atoms with Gasteiger partial charge in [-0.05, 0) is 19.9 Å². The van der Waals surface area contributed by atoms with Crippen LogP contribution in [0.15, 0.2) is 0 Å². The van der Waals surface area contributed by atoms with Gasteiger partial charge in [0.15, 0.2) is 0 Å². The van der Waals surface area contributed by atoms with Crippen molar-refractivity contribution in [2.45, 2.75) is 12.8 Å². The lowest BCUT2D eigenvalue weighted by atomic mass is 10.3. The first-order valence-electron chi connectivity index (χ1n) is 4.39. The molecule has 0 aromatic rings. The third-order valence-electron chi connectivity index (χ3n) is 1.49. The smallest absolute Gasteiger partial charge is 0.233 e. The molecule has 0 aliphatic heterocycles. The van der Waals surface area contributed by atoms with Crippen molar-refractivity contribution < 1.29 is 9.59 Å². The van der Waals surface area contributed by atoms with Gasteiger partial charge in [-0.25, -0.2) is 0 Å². The Morgan fingerprint density at radius 3 is 2.62 bits per heavy atom. The van der Waals surface area contributed by atoms with E-state index in [1.54, 1.807) is 7.05 Å². The predicted molar refractivity (Wildman–Crippen MR) is 50.2 cm³/mol. The van der Waals surface area contributed by atoms with Crippen molar-refractivity contribution in [3.63, 3.8) is 0 Å². The van der Waals surface area contributed by atoms with Crippen LogP contribution in [0.5, 0.6) is 0 Å². The molecule has 0 aliphatic rings. The number of hydrogen-bond donors (Lipinski definition) is 3. The molecule has 0 unspecified atom stereocenters. The van der Waals surface area contributed by atoms with E-state index in [1.165, 1.54) is 0 Å². The number of amides is 2. The molecule has 0 rings (SSSR count). The molecule has 2 amide bonds. The Labute approximate surface area is 78.3 Å². The van der Waals surface area contributed by atoms with Gasteiger partial charge in [-0.1, -0.05) is 0 Å². The molecule has 0 saturated heterocycles. The fraction of sp³-hybridized carbons (Fsp3) is 0.750. The maximum atomic E-state index is 10.9. The predicted octanol–water partition coefficient (Wildman–Crippen LogP) is -1.15. The highest BCUT2D eigenvalue weighted by atomic mass is 16.1. The molecule has 0 aliphatic carbocycles. The average Bonchev–Trinajstić information content (AvgIpc) is 2.11. The van der Waals surface area contributed by atoms with Crippen molar-refractivity contribution >= 4 is 12.3 Å². The second-order valence-corrected chi connectivity index (χ2v) is 2.66. The molecule has 0 atom stereocenters. The minimum absolute atomic E-state index is 0.00541. The number of likely N-dealkylation sites (N-methyl/N-ethyl adjacent to an activating group) is 1. The fourth-order valence-electron chi connectivity index (χ4n) is 0.862. The molecule has 0 aromatic carbocycles. The Morgan fingerprint density at radius 2 is 2.00 bits per heavy atom. The van der Waals surface area contributed by atoms with Gasteiger partial charge in [0, 0.05) is 13.1 Å². The first-order valence-corrected chi connectivity index (χ1v) is 4.39. The van der Waals surface area contributed by atoms with Crippen LogP contribution < -0.4 is 16.0 Å². The Morgan fingerprint density at radius 1 is 1.31 bits per heavy atom. The largest absolute Gasteiger partial charge is 0.359 e. The van der Waals surface area contributed by atoms with Gasteiger partial charge in [0.1, 0.15) is 0 Å². The SMILES string of the molecule is CNCC(=O)NCCCCNC=O. The number of nitrogens with one attached hydrogen (secondary N) is 3. The summed E-state index contributed by atoms with van der Waals surface area (Å²) >= 11 is 0. The summed E-state index contributed by atoms with van der Waals surface area (Å²) in [6.45, 7) is 1.69. The van der Waals surface area contributed by atoms with E-state index in [4.69, 9.17) is 0 Å². The molecule has 0 aromatic heterocycles. The highest BCUT2D eigenvalue weighted by Crippen LogP contribution is 1.83. The van der Waals surface area contributed by atoms with Gasteiger partial charge in [-0.2, -0.15) is 0 Å². The number of hydrogen-bond acceptors (Lipinski definition) is 3. The summed E-state index contributed by atoms with van der Waals surface area (Å²) < 4.78 is 0. The minimum atomic E-state index is 0.00541. The molecule has 76 valence electrons. The molecule has 0 bridgehead atoms. The number of carbonyl (C=O) groups is 2. The highest BCUT2D eigenvalue weighted by molar-refractivity contribution is 5.77. The minimum Gasteiger partial charge on any atom is -0.359 e. The zero-order valence-electron chi connectivity index (χ0n) is 7.93. The summed E-state index contributed by atoms with van der Waals surface area (Å²) in [7, 11) is 1.73. The third-order valence-corrected chi connectivity index (χ3v) is 1.49. The summed E-state index contributed by atoms with van der Waals surface area (Å²) in [5.41, 5.74) is 0. The lowest BCUT2D eigenvalue weighted by Gasteiger charge is -2.03. The number of carbonyl (C=O) groups excluding carboxylic acids is 2. The molecule has 3 N–H and O–H groups in total. The van der Waals surface area contributed by atoms with Crippen molar-refractivity contribution in [1.29, 1.82) is 0 Å². The summed E-state index contributed by atoms with van der Waals surface area (Å²) in [5, 5.41) is 8.06. The van der Waals surface area contributed by atoms with Crippen molar-refractivity contribution in [2.75, 3.05) is 26.7 Å². The van der Waals surface area contributed by atoms with E-state index in [1.807, 2.05) is 0 Å². The Kier molecular flexibility index (Phi) is 8.23. The summed E-state index contributed by atoms with van der Waals surface area (Å²) in [6.07, 6.45) is 2.45. The topological polar surface area (TPSA) is 70.2 Å². The van der Waals surface area contributed by atoms with Gasteiger partial charge < -0.3 is 16.0 Å². The first-order chi connectivity index (χ1) is 6.31. The Bertz CT molecular complexity index is 150. The van der Waals surface area contributed by atoms with Gasteiger partial charge in [0.25, 0.3) is 0 Å². The lowest BCUT2D eigenvalue weighted by Crippen LogP contribution is -2.32. The lowest BCUT2D eigenvalue weighted by molar-refractivity contribution is -0.120. The van der Waals surface area contributed by atoms with E-state index >= 15 is 0 Å². The summed E-state index contributed by atoms with van der Waals surface area (Å²) in [5.74, 6) is 0.00541. The van der Waals surface area contributed by atoms with Crippen LogP contribution in [-0.2, 0) is 9.59 Å². The van der Waals surface area contributed by atoms with Crippen LogP contribution in [0.2, 0.25) is 0 Å². The average molecular weight is 187 g/mol. The molecule has 13 heavy (non-hydrogen) atoms. The van der Waals surface area contributed by atoms with E-state index in [0.717, 1.165) is 12.8 Å². The standard InChI is InChI=1S/C8H17N3O2/c1-9-6-8(13)11-5-3-2-4-10-7-12/h7,9H,2-6H2,1H3,(H,10,12)(H,11,13). The normalized spacial score (nSPS) is 9.31. The second-order valence-electron chi connectivity index (χ2n) is 2.66. The molecular weight excluding hydrogens is 170 g/mol. The zero-order valence-corrected chi connectivity index (χ0v) is 7.93. The van der Waals surface area contributed by atoms with Crippen LogP contribution in [-0.4, -0.2) is 39.0 Å². The quantitative estimate of drug-likeness (QED) is 0.332. The Balaban J connectivity index is 3.06. The van der Waals surface area contributed by atoms with Crippen LogP contribution in [0.1, 0.15) is 12.8 Å². The Hall–Kier alpha value is -1.10. The van der Waals surface area contributed by atoms with Gasteiger partial charge >= 0.3 is 0 Å². The van der Waals surface area contributed by atoms with Gasteiger partial charge in [0.05, 0.1) is 6.54 Å². The van der Waals surface area contributed by atoms with Crippen molar-refractivity contribution in [3.8, 4) is 0 Å². The maximum Gasteiger partial charge on any atom is 0.233 e. The maximum absolute atomic E-state index is 10.9. The van der Waals surface area contributed by atoms with Crippen LogP contribution in [0.25, 0.3) is 0 Å². The molecule has 5 nitrogen and oxygen atoms in total. The molecule has 5 heteroatoms. The van der Waals surface area contributed by atoms with E-state index in [-0.39, 0.29) is 5.91 Å². The van der Waals surface area contributed by atoms with E-state index in [9.17, 15) is 9.59 Å². The summed E-state index contributed by atoms with van der Waals surface area (Å²) in [4.78, 5) is 20.7. The van der Waals surface area contributed by atoms with E-state index in [2.05, 4.69) is 16.0 Å². The molecular formula is C8H17N3O2. The van der Waals surface area contributed by atoms with Crippen molar-refractivity contribution in [3.05, 3.63) is 0 Å². The monoisotopic (exact) mass is 187 g/mol. The molecule has 0 radical (unpaired) electrons. The molecule has 0 spiro atoms. The van der Waals surface area contributed by atoms with Crippen LogP contribution >= 0.6 is 0 Å². The first kappa shape index (κ1) is 11.9. The molecule has 0 fully saturated rings. The van der Waals surface area contributed by atoms with E-state index < -0.39 is 0 Å². The van der Waals surface area contributed by atoms with Gasteiger partial charge in [-0.3, -0.25) is 9.59 Å².